The number of esters is 8. The van der Waals surface area contributed by atoms with E-state index < -0.39 is 47.8 Å². The average molecular weight is 2040 g/mol. The summed E-state index contributed by atoms with van der Waals surface area (Å²) >= 11 is 0. The minimum absolute atomic E-state index is 0.0110. The third kappa shape index (κ3) is 43.3. The number of benzene rings is 7. The molecule has 0 radical (unpaired) electrons. The van der Waals surface area contributed by atoms with Crippen molar-refractivity contribution < 1.29 is 76.3 Å². The van der Waals surface area contributed by atoms with E-state index in [1.54, 1.807) is 72.8 Å². The number of carbonyl (C=O) groups is 8. The fourth-order valence-corrected chi connectivity index (χ4v) is 23.9. The topological polar surface area (TPSA) is 419 Å². The molecule has 0 aromatic heterocycles. The van der Waals surface area contributed by atoms with Gasteiger partial charge in [0.2, 0.25) is 0 Å². The Hall–Kier alpha value is -12.3. The van der Waals surface area contributed by atoms with Crippen molar-refractivity contribution in [1.29, 1.82) is 0 Å². The molecule has 7 aromatic carbocycles. The van der Waals surface area contributed by atoms with Gasteiger partial charge >= 0.3 is 47.8 Å². The summed E-state index contributed by atoms with van der Waals surface area (Å²) in [5.74, 6) is 7.42. The van der Waals surface area contributed by atoms with Crippen molar-refractivity contribution in [2.24, 2.45) is 59.2 Å². The summed E-state index contributed by atoms with van der Waals surface area (Å²) in [7, 11) is 0. The summed E-state index contributed by atoms with van der Waals surface area (Å²) in [5.41, 5.74) is 57.4. The van der Waals surface area contributed by atoms with E-state index in [1.165, 1.54) is 267 Å². The fraction of sp³-hybridized carbons (Fsp3) is 0.536. The van der Waals surface area contributed by atoms with Crippen LogP contribution in [-0.4, -0.2) is 67.1 Å². The third-order valence-electron chi connectivity index (χ3n) is 32.0. The van der Waals surface area contributed by atoms with E-state index in [4.69, 9.17) is 83.8 Å². The lowest BCUT2D eigenvalue weighted by Gasteiger charge is -2.38. The second kappa shape index (κ2) is 63.6. The van der Waals surface area contributed by atoms with Crippen LogP contribution in [0, 0.1) is 59.2 Å². The van der Waals surface area contributed by atoms with Gasteiger partial charge in [0.05, 0.1) is 13.2 Å². The number of carbonyl (C=O) groups excluding carboxylic acids is 8. The number of hydrogen-bond acceptors (Lipinski definition) is 24. The quantitative estimate of drug-likeness (QED) is 0.00439. The first-order chi connectivity index (χ1) is 72.1. The molecule has 149 heavy (non-hydrogen) atoms. The monoisotopic (exact) mass is 2040 g/mol. The van der Waals surface area contributed by atoms with Crippen LogP contribution in [0.2, 0.25) is 0 Å². The van der Waals surface area contributed by atoms with Crippen molar-refractivity contribution in [3.05, 3.63) is 233 Å². The molecule has 24 heteroatoms. The maximum atomic E-state index is 12.2. The van der Waals surface area contributed by atoms with Gasteiger partial charge in [0, 0.05) is 107 Å². The summed E-state index contributed by atoms with van der Waals surface area (Å²) in [4.78, 5) is 96.3. The molecule has 7 fully saturated rings. The first-order valence-corrected chi connectivity index (χ1v) is 56.3. The van der Waals surface area contributed by atoms with Crippen molar-refractivity contribution in [2.45, 2.75) is 354 Å². The number of nitrogen functional groups attached to an aromatic ring is 8. The van der Waals surface area contributed by atoms with Crippen LogP contribution in [0.4, 0.5) is 45.5 Å². The highest BCUT2D eigenvalue weighted by molar-refractivity contribution is 5.94. The highest BCUT2D eigenvalue weighted by Gasteiger charge is 2.36. The van der Waals surface area contributed by atoms with Crippen molar-refractivity contribution in [3.8, 4) is 17.2 Å². The van der Waals surface area contributed by atoms with Gasteiger partial charge in [-0.25, -0.2) is 38.4 Å². The molecule has 16 N–H and O–H groups in total. The van der Waals surface area contributed by atoms with Crippen molar-refractivity contribution in [3.63, 3.8) is 0 Å². The van der Waals surface area contributed by atoms with Crippen LogP contribution >= 0.6 is 0 Å². The average Bonchev–Trinajstić information content (AvgIpc) is 0.831. The summed E-state index contributed by atoms with van der Waals surface area (Å²) in [5, 5.41) is 0. The van der Waals surface area contributed by atoms with Gasteiger partial charge in [-0.1, -0.05) is 199 Å². The standard InChI is InChI=1S/C34H46N2O4.C33H44N2O4.C30H46N2O4.C28H36N2O4/c1-2-3-4-5-24-6-8-26(9-7-24)27-10-12-28(13-11-27)29-14-16-32(17-15-29)40-34(38)19-18-33(37)39-23-25-20-30(35)22-31(36)21-25;1-2-3-23-4-6-25(7-5-23)26-8-10-27(11-9-26)28-12-14-31(15-13-28)39-33(37)17-16-32(36)38-19-18-24-20-29(34)22-30(35)21-24;1-2-3-4-5-6-7-22-8-10-24(11-9-22)25-12-14-28(15-13-25)36-30(34)17-16-29(33)35-21-23-18-26(31)20-27(32)19-23;1-2-3-4-20-5-7-22(8-6-20)23-9-11-26(12-10-23)34-28(32)14-13-27(31)33-16-15-21-17-24(29)19-25(30)18-21/h14-22,24,26-28H,2-13,23,35-36H2,1H3;12-17,20-23,25-27H,2-11,18-19,34-35H2,1H3;16-20,22,24-25,28H,2-15,21,31-32H2,1H3;9-14,17-20,22H,2-8,15-16,29-30H2,1H3/b19-18-;2*17-16-;14-13-. The Morgan fingerprint density at radius 1 is 0.242 bits per heavy atom. The van der Waals surface area contributed by atoms with Gasteiger partial charge in [-0.05, 0) is 366 Å². The van der Waals surface area contributed by atoms with Gasteiger partial charge in [0.25, 0.3) is 0 Å². The number of anilines is 8. The number of ether oxygens (including phenoxy) is 8. The van der Waals surface area contributed by atoms with Crippen LogP contribution in [0.3, 0.4) is 0 Å². The summed E-state index contributed by atoms with van der Waals surface area (Å²) in [6, 6.07) is 43.9. The molecule has 7 aliphatic carbocycles. The van der Waals surface area contributed by atoms with Crippen molar-refractivity contribution >= 4 is 93.3 Å². The van der Waals surface area contributed by atoms with Crippen molar-refractivity contribution in [1.82, 2.24) is 0 Å². The van der Waals surface area contributed by atoms with E-state index in [1.807, 2.05) is 48.5 Å². The molecule has 24 nitrogen and oxygen atoms in total. The van der Waals surface area contributed by atoms with E-state index in [9.17, 15) is 38.4 Å². The predicted octanol–water partition coefficient (Wildman–Crippen LogP) is 27.0. The minimum Gasteiger partial charge on any atom is -0.462 e. The van der Waals surface area contributed by atoms with E-state index in [-0.39, 0.29) is 32.5 Å². The second-order valence-corrected chi connectivity index (χ2v) is 43.3. The minimum atomic E-state index is -0.649. The summed E-state index contributed by atoms with van der Waals surface area (Å²) < 4.78 is 42.2. The molecule has 0 saturated heterocycles. The lowest BCUT2D eigenvalue weighted by Crippen LogP contribution is -2.29. The van der Waals surface area contributed by atoms with Gasteiger partial charge in [-0.3, -0.25) is 0 Å². The molecule has 14 rings (SSSR count). The molecule has 0 bridgehead atoms. The highest BCUT2D eigenvalue weighted by Crippen LogP contribution is 2.49. The van der Waals surface area contributed by atoms with Gasteiger partial charge in [-0.15, -0.1) is 0 Å². The fourth-order valence-electron chi connectivity index (χ4n) is 23.9. The maximum Gasteiger partial charge on any atom is 0.336 e. The molecular formula is C125H172N8O16. The molecule has 0 spiro atoms. The van der Waals surface area contributed by atoms with E-state index in [0.29, 0.717) is 104 Å². The van der Waals surface area contributed by atoms with Gasteiger partial charge in [0.1, 0.15) is 36.6 Å². The Kier molecular flexibility index (Phi) is 49.9. The van der Waals surface area contributed by atoms with Crippen LogP contribution < -0.4 is 60.1 Å². The third-order valence-corrected chi connectivity index (χ3v) is 32.0. The first kappa shape index (κ1) is 117. The van der Waals surface area contributed by atoms with Gasteiger partial charge in [0.15, 0.2) is 0 Å². The first-order valence-electron chi connectivity index (χ1n) is 56.3. The van der Waals surface area contributed by atoms with Gasteiger partial charge < -0.3 is 83.8 Å². The summed E-state index contributed by atoms with van der Waals surface area (Å²) in [6.45, 7) is 9.49. The summed E-state index contributed by atoms with van der Waals surface area (Å²) in [6.07, 6.45) is 66.8. The molecule has 808 valence electrons. The van der Waals surface area contributed by atoms with Crippen LogP contribution in [0.15, 0.2) is 194 Å². The zero-order valence-electron chi connectivity index (χ0n) is 89.4. The van der Waals surface area contributed by atoms with E-state index >= 15 is 0 Å². The Labute approximate surface area is 886 Å². The SMILES string of the molecule is CCCC1CCC(C2CCC(c3ccc(OC(=O)/C=C\C(=O)OCCc4cc(N)cc(N)c4)cc3)CC2)CC1.CCCCC1CCC(c2ccc(OC(=O)/C=C\C(=O)OCCc3cc(N)cc(N)c3)cc2)CC1.CCCCCC1CCC(C2CCC(c3ccc(OC(=O)/C=C\C(=O)OCc4cc(N)cc(N)c4)cc3)CC2)CC1.CCCCCCCC1CCC(C2CCC(OC(=O)/C=C\C(=O)OCc3cc(N)cc(N)c3)CC2)CC1. The largest absolute Gasteiger partial charge is 0.462 e. The predicted molar refractivity (Wildman–Crippen MR) is 597 cm³/mol. The smallest absolute Gasteiger partial charge is 0.336 e. The normalized spacial score (nSPS) is 22.4. The maximum absolute atomic E-state index is 12.2. The second-order valence-electron chi connectivity index (χ2n) is 43.3. The molecule has 7 saturated carbocycles. The lowest BCUT2D eigenvalue weighted by molar-refractivity contribution is -0.146. The van der Waals surface area contributed by atoms with E-state index in [0.717, 1.165) is 145 Å². The Bertz CT molecular complexity index is 5310. The molecule has 0 amide bonds. The zero-order valence-corrected chi connectivity index (χ0v) is 89.4. The molecule has 7 aliphatic rings. The van der Waals surface area contributed by atoms with Crippen LogP contribution in [-0.2, 0) is 88.1 Å². The van der Waals surface area contributed by atoms with Crippen LogP contribution in [0.1, 0.15) is 360 Å². The van der Waals surface area contributed by atoms with Gasteiger partial charge in [-0.2, -0.15) is 0 Å². The Morgan fingerprint density at radius 3 is 0.799 bits per heavy atom. The molecule has 0 atom stereocenters. The molecular weight excluding hydrogens is 1870 g/mol. The number of rotatable bonds is 43. The van der Waals surface area contributed by atoms with Crippen LogP contribution in [0.25, 0.3) is 0 Å². The Balaban J connectivity index is 0.000000189. The van der Waals surface area contributed by atoms with E-state index in [2.05, 4.69) is 52.0 Å². The number of nitrogens with two attached hydrogens (primary N) is 8. The number of hydrogen-bond donors (Lipinski definition) is 8. The molecule has 0 unspecified atom stereocenters. The number of unbranched alkanes of at least 4 members (excludes halogenated alkanes) is 7. The molecule has 0 aliphatic heterocycles. The highest BCUT2D eigenvalue weighted by atomic mass is 16.6. The zero-order chi connectivity index (χ0) is 106. The molecule has 0 heterocycles. The van der Waals surface area contributed by atoms with Crippen LogP contribution in [0.5, 0.6) is 17.2 Å². The molecule has 7 aromatic rings. The van der Waals surface area contributed by atoms with Crippen molar-refractivity contribution in [2.75, 3.05) is 59.1 Å². The lowest BCUT2D eigenvalue weighted by atomic mass is 9.68. The Morgan fingerprint density at radius 2 is 0.483 bits per heavy atom.